The van der Waals surface area contributed by atoms with Crippen molar-refractivity contribution in [3.05, 3.63) is 0 Å². The monoisotopic (exact) mass is 235 g/mol. The number of sulfone groups is 1. The molecule has 0 aliphatic heterocycles. The van der Waals surface area contributed by atoms with E-state index in [-0.39, 0.29) is 22.6 Å². The standard InChI is InChI=1S/C10H21NO3S/c1-7(2)15(12,13)10-5-4-8(11)6-9(10)14-3/h7-10H,4-6,11H2,1-3H3. The molecule has 1 rings (SSSR count). The molecule has 0 bridgehead atoms. The number of hydrogen-bond acceptors (Lipinski definition) is 4. The van der Waals surface area contributed by atoms with Gasteiger partial charge >= 0.3 is 0 Å². The van der Waals surface area contributed by atoms with Gasteiger partial charge in [-0.05, 0) is 33.1 Å². The number of rotatable bonds is 3. The summed E-state index contributed by atoms with van der Waals surface area (Å²) in [6, 6.07) is 0.0774. The Morgan fingerprint density at radius 2 is 1.93 bits per heavy atom. The van der Waals surface area contributed by atoms with Gasteiger partial charge in [0.05, 0.1) is 16.6 Å². The molecule has 0 aromatic heterocycles. The summed E-state index contributed by atoms with van der Waals surface area (Å²) in [5.74, 6) is 0. The Hall–Kier alpha value is -0.130. The number of ether oxygens (including phenoxy) is 1. The van der Waals surface area contributed by atoms with E-state index in [1.165, 1.54) is 0 Å². The van der Waals surface area contributed by atoms with Crippen LogP contribution >= 0.6 is 0 Å². The van der Waals surface area contributed by atoms with Crippen LogP contribution in [0.2, 0.25) is 0 Å². The van der Waals surface area contributed by atoms with Gasteiger partial charge in [-0.1, -0.05) is 0 Å². The highest BCUT2D eigenvalue weighted by Gasteiger charge is 2.39. The maximum Gasteiger partial charge on any atom is 0.158 e. The third-order valence-electron chi connectivity index (χ3n) is 3.15. The fourth-order valence-corrected chi connectivity index (χ4v) is 3.91. The van der Waals surface area contributed by atoms with E-state index in [1.54, 1.807) is 21.0 Å². The maximum atomic E-state index is 12.0. The fourth-order valence-electron chi connectivity index (χ4n) is 2.11. The molecular formula is C10H21NO3S. The van der Waals surface area contributed by atoms with Gasteiger partial charge in [0.2, 0.25) is 0 Å². The molecule has 0 radical (unpaired) electrons. The average molecular weight is 235 g/mol. The molecule has 3 atom stereocenters. The van der Waals surface area contributed by atoms with E-state index >= 15 is 0 Å². The summed E-state index contributed by atoms with van der Waals surface area (Å²) in [5.41, 5.74) is 5.81. The Bertz CT molecular complexity index is 300. The van der Waals surface area contributed by atoms with Crippen molar-refractivity contribution in [2.45, 2.75) is 55.8 Å². The summed E-state index contributed by atoms with van der Waals surface area (Å²) in [6.45, 7) is 3.44. The molecule has 1 saturated carbocycles. The normalized spacial score (nSPS) is 33.3. The van der Waals surface area contributed by atoms with Crippen LogP contribution in [0.3, 0.4) is 0 Å². The molecule has 0 aromatic carbocycles. The van der Waals surface area contributed by atoms with Gasteiger partial charge in [-0.25, -0.2) is 8.42 Å². The van der Waals surface area contributed by atoms with E-state index in [1.807, 2.05) is 0 Å². The van der Waals surface area contributed by atoms with E-state index < -0.39 is 9.84 Å². The Morgan fingerprint density at radius 3 is 2.40 bits per heavy atom. The minimum atomic E-state index is -3.07. The summed E-state index contributed by atoms with van der Waals surface area (Å²) in [7, 11) is -1.50. The molecule has 0 spiro atoms. The second-order valence-electron chi connectivity index (χ2n) is 4.52. The smallest absolute Gasteiger partial charge is 0.158 e. The Morgan fingerprint density at radius 1 is 1.33 bits per heavy atom. The van der Waals surface area contributed by atoms with E-state index in [2.05, 4.69) is 0 Å². The molecule has 5 heteroatoms. The molecule has 3 unspecified atom stereocenters. The maximum absolute atomic E-state index is 12.0. The zero-order chi connectivity index (χ0) is 11.6. The van der Waals surface area contributed by atoms with Gasteiger partial charge in [0.25, 0.3) is 0 Å². The fraction of sp³-hybridized carbons (Fsp3) is 1.00. The minimum absolute atomic E-state index is 0.0774. The van der Waals surface area contributed by atoms with Crippen LogP contribution < -0.4 is 5.73 Å². The molecule has 0 heterocycles. The van der Waals surface area contributed by atoms with Crippen molar-refractivity contribution in [3.8, 4) is 0 Å². The molecule has 1 fully saturated rings. The second kappa shape index (κ2) is 4.80. The predicted octanol–water partition coefficient (Wildman–Crippen LogP) is 0.704. The summed E-state index contributed by atoms with van der Waals surface area (Å²) in [6.07, 6.45) is 1.81. The van der Waals surface area contributed by atoms with Gasteiger partial charge in [0, 0.05) is 13.2 Å². The van der Waals surface area contributed by atoms with Crippen LogP contribution in [0.4, 0.5) is 0 Å². The lowest BCUT2D eigenvalue weighted by molar-refractivity contribution is 0.0671. The van der Waals surface area contributed by atoms with Crippen molar-refractivity contribution in [1.82, 2.24) is 0 Å². The van der Waals surface area contributed by atoms with Crippen molar-refractivity contribution >= 4 is 9.84 Å². The molecule has 1 aliphatic carbocycles. The van der Waals surface area contributed by atoms with Gasteiger partial charge < -0.3 is 10.5 Å². The van der Waals surface area contributed by atoms with Crippen LogP contribution in [-0.4, -0.2) is 38.2 Å². The molecule has 1 aliphatic rings. The highest BCUT2D eigenvalue weighted by atomic mass is 32.2. The largest absolute Gasteiger partial charge is 0.380 e. The highest BCUT2D eigenvalue weighted by molar-refractivity contribution is 7.92. The van der Waals surface area contributed by atoms with E-state index in [0.717, 1.165) is 6.42 Å². The topological polar surface area (TPSA) is 69.4 Å². The minimum Gasteiger partial charge on any atom is -0.380 e. The van der Waals surface area contributed by atoms with Crippen LogP contribution in [0.15, 0.2) is 0 Å². The van der Waals surface area contributed by atoms with Gasteiger partial charge in [-0.2, -0.15) is 0 Å². The first-order valence-corrected chi connectivity index (χ1v) is 7.01. The van der Waals surface area contributed by atoms with E-state index in [9.17, 15) is 8.42 Å². The van der Waals surface area contributed by atoms with Gasteiger partial charge in [-0.3, -0.25) is 0 Å². The SMILES string of the molecule is COC1CC(N)CCC1S(=O)(=O)C(C)C. The third kappa shape index (κ3) is 2.71. The molecule has 0 saturated heterocycles. The summed E-state index contributed by atoms with van der Waals surface area (Å²) >= 11 is 0. The van der Waals surface area contributed by atoms with E-state index in [4.69, 9.17) is 10.5 Å². The number of nitrogens with two attached hydrogens (primary N) is 1. The highest BCUT2D eigenvalue weighted by Crippen LogP contribution is 2.28. The molecule has 2 N–H and O–H groups in total. The zero-order valence-corrected chi connectivity index (χ0v) is 10.5. The van der Waals surface area contributed by atoms with Crippen molar-refractivity contribution in [2.75, 3.05) is 7.11 Å². The van der Waals surface area contributed by atoms with Crippen molar-refractivity contribution in [1.29, 1.82) is 0 Å². The molecule has 0 amide bonds. The molecule has 15 heavy (non-hydrogen) atoms. The second-order valence-corrected chi connectivity index (χ2v) is 7.25. The molecule has 0 aromatic rings. The van der Waals surface area contributed by atoms with Crippen LogP contribution in [0.1, 0.15) is 33.1 Å². The lowest BCUT2D eigenvalue weighted by Gasteiger charge is -2.34. The molecule has 4 nitrogen and oxygen atoms in total. The summed E-state index contributed by atoms with van der Waals surface area (Å²) < 4.78 is 29.3. The lowest BCUT2D eigenvalue weighted by Crippen LogP contribution is -2.46. The Balaban J connectivity index is 2.85. The third-order valence-corrected chi connectivity index (χ3v) is 5.85. The van der Waals surface area contributed by atoms with Crippen LogP contribution in [0.5, 0.6) is 0 Å². The van der Waals surface area contributed by atoms with Crippen molar-refractivity contribution in [3.63, 3.8) is 0 Å². The van der Waals surface area contributed by atoms with Gasteiger partial charge in [-0.15, -0.1) is 0 Å². The average Bonchev–Trinajstić information content (AvgIpc) is 2.16. The quantitative estimate of drug-likeness (QED) is 0.782. The number of methoxy groups -OCH3 is 1. The van der Waals surface area contributed by atoms with Crippen LogP contribution in [0, 0.1) is 0 Å². The van der Waals surface area contributed by atoms with Crippen molar-refractivity contribution in [2.24, 2.45) is 5.73 Å². The van der Waals surface area contributed by atoms with Crippen LogP contribution in [-0.2, 0) is 14.6 Å². The first kappa shape index (κ1) is 12.9. The summed E-state index contributed by atoms with van der Waals surface area (Å²) in [5, 5.41) is -0.711. The van der Waals surface area contributed by atoms with Crippen LogP contribution in [0.25, 0.3) is 0 Å². The van der Waals surface area contributed by atoms with Gasteiger partial charge in [0.1, 0.15) is 0 Å². The number of hydrogen-bond donors (Lipinski definition) is 1. The zero-order valence-electron chi connectivity index (χ0n) is 9.64. The first-order valence-electron chi connectivity index (χ1n) is 5.40. The molecule has 90 valence electrons. The van der Waals surface area contributed by atoms with Crippen molar-refractivity contribution < 1.29 is 13.2 Å². The predicted molar refractivity (Wildman–Crippen MR) is 60.5 cm³/mol. The van der Waals surface area contributed by atoms with E-state index in [0.29, 0.717) is 12.8 Å². The Kier molecular flexibility index (Phi) is 4.14. The summed E-state index contributed by atoms with van der Waals surface area (Å²) in [4.78, 5) is 0. The Labute approximate surface area is 92.1 Å². The first-order chi connectivity index (χ1) is 6.89. The molecular weight excluding hydrogens is 214 g/mol. The lowest BCUT2D eigenvalue weighted by atomic mass is 9.93. The van der Waals surface area contributed by atoms with Gasteiger partial charge in [0.15, 0.2) is 9.84 Å².